The molecule has 4 heteroatoms. The van der Waals surface area contributed by atoms with Crippen LogP contribution in [0.15, 0.2) is 6.20 Å². The number of aryl methyl sites for hydroxylation is 1. The molecule has 0 bridgehead atoms. The summed E-state index contributed by atoms with van der Waals surface area (Å²) >= 11 is 0. The highest BCUT2D eigenvalue weighted by Crippen LogP contribution is 2.00. The van der Waals surface area contributed by atoms with E-state index in [4.69, 9.17) is 5.73 Å². The molecule has 3 N–H and O–H groups in total. The van der Waals surface area contributed by atoms with Crippen molar-refractivity contribution in [2.45, 2.75) is 19.5 Å². The summed E-state index contributed by atoms with van der Waals surface area (Å²) in [4.78, 5) is 6.67. The van der Waals surface area contributed by atoms with Crippen LogP contribution >= 0.6 is 0 Å². The zero-order chi connectivity index (χ0) is 8.10. The molecule has 62 valence electrons. The van der Waals surface area contributed by atoms with E-state index in [0.717, 1.165) is 18.5 Å². The molecule has 0 saturated carbocycles. The number of aromatic nitrogens is 2. The van der Waals surface area contributed by atoms with Crippen LogP contribution in [0.1, 0.15) is 17.9 Å². The molecule has 1 aromatic heterocycles. The maximum absolute atomic E-state index is 11.9. The van der Waals surface area contributed by atoms with Crippen molar-refractivity contribution in [2.24, 2.45) is 5.73 Å². The van der Waals surface area contributed by atoms with Gasteiger partial charge in [0.2, 0.25) is 0 Å². The predicted molar refractivity (Wildman–Crippen MR) is 40.8 cm³/mol. The van der Waals surface area contributed by atoms with Crippen molar-refractivity contribution in [2.75, 3.05) is 6.54 Å². The molecule has 0 aliphatic carbocycles. The van der Waals surface area contributed by atoms with E-state index >= 15 is 0 Å². The molecule has 0 fully saturated rings. The Morgan fingerprint density at radius 3 is 3.00 bits per heavy atom. The fraction of sp³-hybridized carbons (Fsp3) is 0.571. The lowest BCUT2D eigenvalue weighted by atomic mass is 10.2. The Morgan fingerprint density at radius 2 is 2.45 bits per heavy atom. The number of imidazole rings is 1. The van der Waals surface area contributed by atoms with Gasteiger partial charge in [0.05, 0.1) is 0 Å². The minimum absolute atomic E-state index is 0.400. The smallest absolute Gasteiger partial charge is 0.147 e. The van der Waals surface area contributed by atoms with Crippen molar-refractivity contribution >= 4 is 0 Å². The highest BCUT2D eigenvalue weighted by Gasteiger charge is 1.97. The lowest BCUT2D eigenvalue weighted by Gasteiger charge is -1.92. The summed E-state index contributed by atoms with van der Waals surface area (Å²) in [5.74, 6) is 0.400. The second-order valence-electron chi connectivity index (χ2n) is 2.38. The average Bonchev–Trinajstić information content (AvgIpc) is 2.48. The van der Waals surface area contributed by atoms with E-state index in [0.29, 0.717) is 12.4 Å². The first-order valence-electron chi connectivity index (χ1n) is 3.65. The number of halogens is 1. The standard InChI is InChI=1S/C7H12FN3/c8-4-7-10-5-6(11-7)2-1-3-9/h5H,1-4,9H2,(H,10,11). The van der Waals surface area contributed by atoms with Crippen LogP contribution in [0.25, 0.3) is 0 Å². The first kappa shape index (κ1) is 8.20. The van der Waals surface area contributed by atoms with Gasteiger partial charge in [-0.1, -0.05) is 0 Å². The first-order chi connectivity index (χ1) is 5.36. The maximum Gasteiger partial charge on any atom is 0.147 e. The number of rotatable bonds is 4. The lowest BCUT2D eigenvalue weighted by Crippen LogP contribution is -2.00. The summed E-state index contributed by atoms with van der Waals surface area (Å²) in [7, 11) is 0. The largest absolute Gasteiger partial charge is 0.344 e. The van der Waals surface area contributed by atoms with Crippen LogP contribution in [0.2, 0.25) is 0 Å². The van der Waals surface area contributed by atoms with Crippen molar-refractivity contribution in [1.82, 2.24) is 9.97 Å². The summed E-state index contributed by atoms with van der Waals surface area (Å²) in [6.07, 6.45) is 3.42. The van der Waals surface area contributed by atoms with Gasteiger partial charge in [-0.05, 0) is 19.4 Å². The first-order valence-corrected chi connectivity index (χ1v) is 3.65. The van der Waals surface area contributed by atoms with Gasteiger partial charge in [-0.3, -0.25) is 0 Å². The van der Waals surface area contributed by atoms with E-state index < -0.39 is 6.67 Å². The van der Waals surface area contributed by atoms with Gasteiger partial charge in [-0.15, -0.1) is 0 Å². The van der Waals surface area contributed by atoms with Gasteiger partial charge in [0.25, 0.3) is 0 Å². The van der Waals surface area contributed by atoms with Crippen LogP contribution in [0, 0.1) is 0 Å². The normalized spacial score (nSPS) is 10.4. The molecule has 0 aliphatic heterocycles. The molecule has 1 heterocycles. The summed E-state index contributed by atoms with van der Waals surface area (Å²) in [6, 6.07) is 0. The Bertz CT molecular complexity index is 209. The number of alkyl halides is 1. The highest BCUT2D eigenvalue weighted by molar-refractivity contribution is 5.00. The van der Waals surface area contributed by atoms with Crippen LogP contribution in [0.5, 0.6) is 0 Å². The van der Waals surface area contributed by atoms with Gasteiger partial charge in [-0.25, -0.2) is 9.37 Å². The van der Waals surface area contributed by atoms with Crippen LogP contribution in [-0.2, 0) is 13.1 Å². The Balaban J connectivity index is 2.44. The highest BCUT2D eigenvalue weighted by atomic mass is 19.1. The third-order valence-corrected chi connectivity index (χ3v) is 1.46. The Labute approximate surface area is 64.8 Å². The number of H-pyrrole nitrogens is 1. The van der Waals surface area contributed by atoms with Gasteiger partial charge in [0, 0.05) is 11.9 Å². The lowest BCUT2D eigenvalue weighted by molar-refractivity contribution is 0.468. The molecule has 0 radical (unpaired) electrons. The molecule has 0 saturated heterocycles. The SMILES string of the molecule is NCCCc1cnc(CF)[nH]1. The topological polar surface area (TPSA) is 54.7 Å². The number of nitrogens with zero attached hydrogens (tertiary/aromatic N) is 1. The molecule has 3 nitrogen and oxygen atoms in total. The van der Waals surface area contributed by atoms with Crippen LogP contribution in [0.3, 0.4) is 0 Å². The molecule has 1 rings (SSSR count). The Morgan fingerprint density at radius 1 is 1.64 bits per heavy atom. The van der Waals surface area contributed by atoms with Crippen LogP contribution < -0.4 is 5.73 Å². The molecule has 11 heavy (non-hydrogen) atoms. The summed E-state index contributed by atoms with van der Waals surface area (Å²) in [5, 5.41) is 0. The van der Waals surface area contributed by atoms with E-state index in [-0.39, 0.29) is 0 Å². The van der Waals surface area contributed by atoms with Crippen LogP contribution in [-0.4, -0.2) is 16.5 Å². The van der Waals surface area contributed by atoms with Gasteiger partial charge >= 0.3 is 0 Å². The van der Waals surface area contributed by atoms with Gasteiger partial charge in [-0.2, -0.15) is 0 Å². The minimum Gasteiger partial charge on any atom is -0.344 e. The van der Waals surface area contributed by atoms with Crippen molar-refractivity contribution in [3.63, 3.8) is 0 Å². The third-order valence-electron chi connectivity index (χ3n) is 1.46. The number of hydrogen-bond donors (Lipinski definition) is 2. The van der Waals surface area contributed by atoms with Crippen molar-refractivity contribution in [3.05, 3.63) is 17.7 Å². The fourth-order valence-corrected chi connectivity index (χ4v) is 0.893. The molecule has 0 spiro atoms. The van der Waals surface area contributed by atoms with E-state index in [1.165, 1.54) is 0 Å². The quantitative estimate of drug-likeness (QED) is 0.678. The minimum atomic E-state index is -0.525. The molecular weight excluding hydrogens is 145 g/mol. The molecule has 0 unspecified atom stereocenters. The zero-order valence-electron chi connectivity index (χ0n) is 6.31. The molecule has 0 aliphatic rings. The van der Waals surface area contributed by atoms with Crippen LogP contribution in [0.4, 0.5) is 4.39 Å². The summed E-state index contributed by atoms with van der Waals surface area (Å²) in [5.41, 5.74) is 6.27. The second-order valence-corrected chi connectivity index (χ2v) is 2.38. The zero-order valence-corrected chi connectivity index (χ0v) is 6.31. The number of hydrogen-bond acceptors (Lipinski definition) is 2. The van der Waals surface area contributed by atoms with E-state index in [2.05, 4.69) is 9.97 Å². The maximum atomic E-state index is 11.9. The molecular formula is C7H12FN3. The van der Waals surface area contributed by atoms with Gasteiger partial charge in [0.15, 0.2) is 0 Å². The van der Waals surface area contributed by atoms with Crippen molar-refractivity contribution in [3.8, 4) is 0 Å². The van der Waals surface area contributed by atoms with Gasteiger partial charge < -0.3 is 10.7 Å². The van der Waals surface area contributed by atoms with E-state index in [1.807, 2.05) is 0 Å². The molecule has 1 aromatic rings. The van der Waals surface area contributed by atoms with E-state index in [9.17, 15) is 4.39 Å². The van der Waals surface area contributed by atoms with Crippen molar-refractivity contribution in [1.29, 1.82) is 0 Å². The molecule has 0 amide bonds. The summed E-state index contributed by atoms with van der Waals surface area (Å²) < 4.78 is 11.9. The Kier molecular flexibility index (Phi) is 3.04. The Hall–Kier alpha value is -0.900. The monoisotopic (exact) mass is 157 g/mol. The number of aromatic amines is 1. The average molecular weight is 157 g/mol. The molecule has 0 aromatic carbocycles. The fourth-order valence-electron chi connectivity index (χ4n) is 0.893. The second kappa shape index (κ2) is 4.08. The summed E-state index contributed by atoms with van der Waals surface area (Å²) in [6.45, 7) is 0.132. The number of nitrogens with two attached hydrogens (primary N) is 1. The number of nitrogens with one attached hydrogen (secondary N) is 1. The van der Waals surface area contributed by atoms with Crippen molar-refractivity contribution < 1.29 is 4.39 Å². The van der Waals surface area contributed by atoms with E-state index in [1.54, 1.807) is 6.20 Å². The third kappa shape index (κ3) is 2.31. The predicted octanol–water partition coefficient (Wildman–Crippen LogP) is 0.770. The molecule has 0 atom stereocenters. The van der Waals surface area contributed by atoms with Gasteiger partial charge in [0.1, 0.15) is 12.5 Å².